The predicted octanol–water partition coefficient (Wildman–Crippen LogP) is 1.88. The molecule has 3 fully saturated rings. The molecule has 0 saturated carbocycles. The first kappa shape index (κ1) is 23.7. The van der Waals surface area contributed by atoms with Crippen LogP contribution in [0.15, 0.2) is 12.7 Å². The van der Waals surface area contributed by atoms with Crippen LogP contribution in [0.5, 0.6) is 0 Å². The number of nitrogens with zero attached hydrogens (tertiary/aromatic N) is 5. The number of rotatable bonds is 6. The van der Waals surface area contributed by atoms with Crippen molar-refractivity contribution in [1.29, 1.82) is 0 Å². The molecule has 10 heteroatoms. The number of piperidine rings is 1. The number of anilines is 2. The lowest BCUT2D eigenvalue weighted by molar-refractivity contribution is -0.137. The van der Waals surface area contributed by atoms with E-state index in [0.717, 1.165) is 89.7 Å². The van der Waals surface area contributed by atoms with E-state index in [9.17, 15) is 14.4 Å². The van der Waals surface area contributed by atoms with Crippen LogP contribution in [0.1, 0.15) is 42.3 Å². The molecule has 0 radical (unpaired) electrons. The number of piperazine rings is 1. The second-order valence-corrected chi connectivity index (χ2v) is 10.0. The Morgan fingerprint density at radius 3 is 2.30 bits per heavy atom. The molecular formula is C23H34N6O3S. The maximum Gasteiger partial charge on any atom is 0.267 e. The molecule has 3 amide bonds. The molecule has 0 spiro atoms. The molecule has 3 saturated heterocycles. The Hall–Kier alpha value is -2.46. The molecule has 4 heterocycles. The van der Waals surface area contributed by atoms with Gasteiger partial charge in [0.05, 0.1) is 0 Å². The molecular weight excluding hydrogens is 440 g/mol. The van der Waals surface area contributed by atoms with E-state index in [-0.39, 0.29) is 23.6 Å². The van der Waals surface area contributed by atoms with E-state index in [4.69, 9.17) is 0 Å². The van der Waals surface area contributed by atoms with E-state index >= 15 is 0 Å². The molecule has 0 bridgehead atoms. The fourth-order valence-corrected chi connectivity index (χ4v) is 5.85. The van der Waals surface area contributed by atoms with Gasteiger partial charge < -0.3 is 20.0 Å². The molecule has 180 valence electrons. The number of hydrogen-bond donors (Lipinski definition) is 1. The minimum Gasteiger partial charge on any atom is -0.348 e. The van der Waals surface area contributed by atoms with Gasteiger partial charge in [0.25, 0.3) is 5.91 Å². The molecule has 4 rings (SSSR count). The third kappa shape index (κ3) is 5.55. The van der Waals surface area contributed by atoms with Gasteiger partial charge in [-0.3, -0.25) is 19.3 Å². The highest BCUT2D eigenvalue weighted by Gasteiger charge is 2.32. The highest BCUT2D eigenvalue weighted by molar-refractivity contribution is 7.18. The lowest BCUT2D eigenvalue weighted by Crippen LogP contribution is -2.51. The van der Waals surface area contributed by atoms with Gasteiger partial charge >= 0.3 is 0 Å². The molecule has 0 atom stereocenters. The number of carbonyl (C=O) groups is 3. The van der Waals surface area contributed by atoms with Crippen LogP contribution in [0, 0.1) is 5.92 Å². The largest absolute Gasteiger partial charge is 0.348 e. The van der Waals surface area contributed by atoms with Gasteiger partial charge in [0.15, 0.2) is 10.9 Å². The van der Waals surface area contributed by atoms with Gasteiger partial charge in [0.2, 0.25) is 11.8 Å². The summed E-state index contributed by atoms with van der Waals surface area (Å²) in [5.74, 6) is 0.360. The molecule has 1 aromatic heterocycles. The summed E-state index contributed by atoms with van der Waals surface area (Å²) in [6, 6.07) is 0. The van der Waals surface area contributed by atoms with Gasteiger partial charge in [-0.15, -0.1) is 6.58 Å². The van der Waals surface area contributed by atoms with Crippen LogP contribution >= 0.6 is 11.3 Å². The zero-order valence-corrected chi connectivity index (χ0v) is 20.2. The number of amides is 3. The SMILES string of the molecule is C=CCN1CCN(C(=O)C2CCN(c3nc(NC(C)=O)c(C(=O)N4CCCC4)s3)CC2)CC1. The summed E-state index contributed by atoms with van der Waals surface area (Å²) in [6.07, 6.45) is 5.48. The maximum absolute atomic E-state index is 13.0. The predicted molar refractivity (Wildman–Crippen MR) is 130 cm³/mol. The van der Waals surface area contributed by atoms with Crippen molar-refractivity contribution in [3.8, 4) is 0 Å². The molecule has 3 aliphatic heterocycles. The van der Waals surface area contributed by atoms with E-state index in [2.05, 4.69) is 26.7 Å². The number of aromatic nitrogens is 1. The number of carbonyl (C=O) groups excluding carboxylic acids is 3. The monoisotopic (exact) mass is 474 g/mol. The van der Waals surface area contributed by atoms with Crippen molar-refractivity contribution >= 4 is 40.0 Å². The average molecular weight is 475 g/mol. The first-order valence-corrected chi connectivity index (χ1v) is 12.7. The quantitative estimate of drug-likeness (QED) is 0.634. The van der Waals surface area contributed by atoms with Gasteiger partial charge in [0, 0.05) is 71.7 Å². The van der Waals surface area contributed by atoms with Crippen molar-refractivity contribution in [1.82, 2.24) is 19.7 Å². The lowest BCUT2D eigenvalue weighted by Gasteiger charge is -2.38. The van der Waals surface area contributed by atoms with E-state index in [1.807, 2.05) is 15.9 Å². The zero-order valence-electron chi connectivity index (χ0n) is 19.4. The highest BCUT2D eigenvalue weighted by Crippen LogP contribution is 2.34. The van der Waals surface area contributed by atoms with Crippen molar-refractivity contribution in [2.24, 2.45) is 5.92 Å². The first-order valence-electron chi connectivity index (χ1n) is 11.9. The Kier molecular flexibility index (Phi) is 7.64. The zero-order chi connectivity index (χ0) is 23.4. The number of nitrogens with one attached hydrogen (secondary N) is 1. The molecule has 0 aromatic carbocycles. The third-order valence-electron chi connectivity index (χ3n) is 6.68. The number of hydrogen-bond acceptors (Lipinski definition) is 7. The van der Waals surface area contributed by atoms with Crippen molar-refractivity contribution < 1.29 is 14.4 Å². The minimum absolute atomic E-state index is 0.0349. The van der Waals surface area contributed by atoms with Crippen molar-refractivity contribution in [2.45, 2.75) is 32.6 Å². The summed E-state index contributed by atoms with van der Waals surface area (Å²) in [7, 11) is 0. The van der Waals surface area contributed by atoms with E-state index in [0.29, 0.717) is 10.7 Å². The van der Waals surface area contributed by atoms with Crippen LogP contribution in [-0.2, 0) is 9.59 Å². The number of likely N-dealkylation sites (tertiary alicyclic amines) is 1. The Bertz CT molecular complexity index is 881. The van der Waals surface area contributed by atoms with Crippen molar-refractivity contribution in [3.63, 3.8) is 0 Å². The summed E-state index contributed by atoms with van der Waals surface area (Å²) in [5, 5.41) is 3.48. The molecule has 3 aliphatic rings. The second-order valence-electron chi connectivity index (χ2n) is 9.03. The van der Waals surface area contributed by atoms with Crippen molar-refractivity contribution in [2.75, 3.05) is 69.1 Å². The van der Waals surface area contributed by atoms with Gasteiger partial charge in [-0.2, -0.15) is 0 Å². The summed E-state index contributed by atoms with van der Waals surface area (Å²) in [5.41, 5.74) is 0. The molecule has 1 N–H and O–H groups in total. The third-order valence-corrected chi connectivity index (χ3v) is 7.79. The van der Waals surface area contributed by atoms with Gasteiger partial charge in [-0.1, -0.05) is 17.4 Å². The molecule has 1 aromatic rings. The lowest BCUT2D eigenvalue weighted by atomic mass is 9.95. The van der Waals surface area contributed by atoms with Crippen LogP contribution in [0.25, 0.3) is 0 Å². The standard InChI is InChI=1S/C23H34N6O3S/c1-3-8-26-13-15-28(16-14-26)21(31)18-6-11-29(12-7-18)23-25-20(24-17(2)30)19(33-23)22(32)27-9-4-5-10-27/h3,18H,1,4-16H2,2H3,(H,24,30). The Balaban J connectivity index is 1.37. The number of thiazole rings is 1. The summed E-state index contributed by atoms with van der Waals surface area (Å²) < 4.78 is 0. The van der Waals surface area contributed by atoms with Crippen LogP contribution in [0.2, 0.25) is 0 Å². The Labute approximate surface area is 199 Å². The molecule has 9 nitrogen and oxygen atoms in total. The smallest absolute Gasteiger partial charge is 0.267 e. The van der Waals surface area contributed by atoms with E-state index in [1.165, 1.54) is 18.3 Å². The topological polar surface area (TPSA) is 89.1 Å². The summed E-state index contributed by atoms with van der Waals surface area (Å²) >= 11 is 1.35. The fourth-order valence-electron chi connectivity index (χ4n) is 4.81. The average Bonchev–Trinajstić information content (AvgIpc) is 3.49. The molecule has 0 aliphatic carbocycles. The van der Waals surface area contributed by atoms with Crippen LogP contribution < -0.4 is 10.2 Å². The normalized spacial score (nSPS) is 20.2. The van der Waals surface area contributed by atoms with Gasteiger partial charge in [0.1, 0.15) is 4.88 Å². The van der Waals surface area contributed by atoms with Gasteiger partial charge in [-0.25, -0.2) is 4.98 Å². The molecule has 33 heavy (non-hydrogen) atoms. The van der Waals surface area contributed by atoms with Gasteiger partial charge in [-0.05, 0) is 25.7 Å². The Morgan fingerprint density at radius 2 is 1.70 bits per heavy atom. The summed E-state index contributed by atoms with van der Waals surface area (Å²) in [6.45, 7) is 12.4. The highest BCUT2D eigenvalue weighted by atomic mass is 32.1. The first-order chi connectivity index (χ1) is 16.0. The van der Waals surface area contributed by atoms with Crippen LogP contribution in [0.3, 0.4) is 0 Å². The Morgan fingerprint density at radius 1 is 1.03 bits per heavy atom. The maximum atomic E-state index is 13.0. The molecule has 0 unspecified atom stereocenters. The summed E-state index contributed by atoms with van der Waals surface area (Å²) in [4.78, 5) is 51.1. The minimum atomic E-state index is -0.236. The van der Waals surface area contributed by atoms with Crippen molar-refractivity contribution in [3.05, 3.63) is 17.5 Å². The van der Waals surface area contributed by atoms with Crippen LogP contribution in [0.4, 0.5) is 10.9 Å². The van der Waals surface area contributed by atoms with E-state index in [1.54, 1.807) is 0 Å². The van der Waals surface area contributed by atoms with Crippen LogP contribution in [-0.4, -0.2) is 96.3 Å². The fraction of sp³-hybridized carbons (Fsp3) is 0.652. The second kappa shape index (κ2) is 10.6. The van der Waals surface area contributed by atoms with E-state index < -0.39 is 0 Å².